The lowest BCUT2D eigenvalue weighted by Crippen LogP contribution is -2.24. The number of anilines is 1. The molecule has 3 heterocycles. The van der Waals surface area contributed by atoms with Crippen molar-refractivity contribution in [3.05, 3.63) is 55.1 Å². The number of benzene rings is 1. The Hall–Kier alpha value is -2.66. The van der Waals surface area contributed by atoms with Crippen molar-refractivity contribution in [1.82, 2.24) is 20.1 Å². The normalized spacial score (nSPS) is 15.0. The minimum absolute atomic E-state index is 0.844. The standard InChI is InChI=1S/C19H21N5/c1-14(13-24-6-2-3-7-24)23-19-9-17-8-15(18-11-21-22-12-18)4-5-16(17)10-20-19/h4-5,8-12H,1-3,6-7,13H2,(H,20,23)(H,21,22). The molecule has 2 N–H and O–H groups in total. The molecular weight excluding hydrogens is 298 g/mol. The predicted octanol–water partition coefficient (Wildman–Crippen LogP) is 3.65. The van der Waals surface area contributed by atoms with E-state index in [0.29, 0.717) is 0 Å². The van der Waals surface area contributed by atoms with E-state index in [4.69, 9.17) is 0 Å². The van der Waals surface area contributed by atoms with Gasteiger partial charge in [-0.3, -0.25) is 10.00 Å². The second-order valence-corrected chi connectivity index (χ2v) is 6.33. The maximum absolute atomic E-state index is 4.50. The Kier molecular flexibility index (Phi) is 4.01. The van der Waals surface area contributed by atoms with Crippen LogP contribution in [0.25, 0.3) is 21.9 Å². The molecule has 0 atom stereocenters. The van der Waals surface area contributed by atoms with Crippen LogP contribution in [0.15, 0.2) is 55.1 Å². The third kappa shape index (κ3) is 3.16. The first-order chi connectivity index (χ1) is 11.8. The number of aromatic amines is 1. The molecule has 0 spiro atoms. The number of rotatable bonds is 5. The van der Waals surface area contributed by atoms with Gasteiger partial charge in [0.15, 0.2) is 0 Å². The number of nitrogens with one attached hydrogen (secondary N) is 2. The van der Waals surface area contributed by atoms with Gasteiger partial charge in [-0.05, 0) is 49.0 Å². The van der Waals surface area contributed by atoms with Crippen molar-refractivity contribution in [3.63, 3.8) is 0 Å². The molecule has 1 aliphatic rings. The Bertz CT molecular complexity index is 847. The Labute approximate surface area is 141 Å². The molecule has 0 bridgehead atoms. The fourth-order valence-electron chi connectivity index (χ4n) is 3.23. The minimum atomic E-state index is 0.844. The molecule has 122 valence electrons. The minimum Gasteiger partial charge on any atom is -0.343 e. The third-order valence-corrected chi connectivity index (χ3v) is 4.47. The first kappa shape index (κ1) is 14.9. The van der Waals surface area contributed by atoms with Crippen LogP contribution in [-0.4, -0.2) is 39.7 Å². The summed E-state index contributed by atoms with van der Waals surface area (Å²) in [6.07, 6.45) is 8.22. The van der Waals surface area contributed by atoms with E-state index < -0.39 is 0 Å². The quantitative estimate of drug-likeness (QED) is 0.754. The second kappa shape index (κ2) is 6.45. The summed E-state index contributed by atoms with van der Waals surface area (Å²) < 4.78 is 0. The van der Waals surface area contributed by atoms with Crippen molar-refractivity contribution >= 4 is 16.6 Å². The van der Waals surface area contributed by atoms with Gasteiger partial charge in [0.05, 0.1) is 6.20 Å². The molecular formula is C19H21N5. The van der Waals surface area contributed by atoms with Crippen molar-refractivity contribution in [1.29, 1.82) is 0 Å². The number of H-pyrrole nitrogens is 1. The van der Waals surface area contributed by atoms with Gasteiger partial charge in [0, 0.05) is 35.6 Å². The number of likely N-dealkylation sites (tertiary alicyclic amines) is 1. The third-order valence-electron chi connectivity index (χ3n) is 4.47. The number of nitrogens with zero attached hydrogens (tertiary/aromatic N) is 3. The van der Waals surface area contributed by atoms with Gasteiger partial charge >= 0.3 is 0 Å². The molecule has 1 saturated heterocycles. The molecule has 1 aromatic carbocycles. The van der Waals surface area contributed by atoms with Crippen molar-refractivity contribution in [2.75, 3.05) is 25.0 Å². The smallest absolute Gasteiger partial charge is 0.130 e. The van der Waals surface area contributed by atoms with Crippen molar-refractivity contribution < 1.29 is 0 Å². The van der Waals surface area contributed by atoms with Crippen LogP contribution in [0.5, 0.6) is 0 Å². The summed E-state index contributed by atoms with van der Waals surface area (Å²) in [5.74, 6) is 0.844. The van der Waals surface area contributed by atoms with Crippen LogP contribution in [0, 0.1) is 0 Å². The Morgan fingerprint density at radius 1 is 1.12 bits per heavy atom. The maximum atomic E-state index is 4.50. The molecule has 5 heteroatoms. The first-order valence-electron chi connectivity index (χ1n) is 8.34. The number of hydrogen-bond donors (Lipinski definition) is 2. The first-order valence-corrected chi connectivity index (χ1v) is 8.34. The van der Waals surface area contributed by atoms with E-state index in [1.165, 1.54) is 25.9 Å². The summed E-state index contributed by atoms with van der Waals surface area (Å²) in [6, 6.07) is 8.42. The van der Waals surface area contributed by atoms with E-state index in [1.807, 2.05) is 18.6 Å². The van der Waals surface area contributed by atoms with Gasteiger partial charge in [-0.15, -0.1) is 0 Å². The highest BCUT2D eigenvalue weighted by atomic mass is 15.2. The van der Waals surface area contributed by atoms with Gasteiger partial charge in [-0.25, -0.2) is 4.98 Å². The average Bonchev–Trinajstić information content (AvgIpc) is 3.27. The molecule has 0 amide bonds. The van der Waals surface area contributed by atoms with Crippen molar-refractivity contribution in [2.45, 2.75) is 12.8 Å². The lowest BCUT2D eigenvalue weighted by Gasteiger charge is -2.17. The fraction of sp³-hybridized carbons (Fsp3) is 0.263. The highest BCUT2D eigenvalue weighted by Gasteiger charge is 2.12. The second-order valence-electron chi connectivity index (χ2n) is 6.33. The van der Waals surface area contributed by atoms with Crippen LogP contribution in [0.1, 0.15) is 12.8 Å². The number of aromatic nitrogens is 3. The van der Waals surface area contributed by atoms with Gasteiger partial charge in [-0.1, -0.05) is 18.7 Å². The molecule has 4 rings (SSSR count). The van der Waals surface area contributed by atoms with Crippen LogP contribution in [0.4, 0.5) is 5.82 Å². The van der Waals surface area contributed by atoms with Crippen LogP contribution >= 0.6 is 0 Å². The summed E-state index contributed by atoms with van der Waals surface area (Å²) in [5, 5.41) is 12.5. The SMILES string of the molecule is C=C(CN1CCCC1)Nc1cc2cc(-c3cn[nH]c3)ccc2cn1. The zero-order chi connectivity index (χ0) is 16.4. The van der Waals surface area contributed by atoms with Crippen molar-refractivity contribution in [2.24, 2.45) is 0 Å². The maximum Gasteiger partial charge on any atom is 0.130 e. The molecule has 0 unspecified atom stereocenters. The molecule has 1 fully saturated rings. The summed E-state index contributed by atoms with van der Waals surface area (Å²) in [6.45, 7) is 7.36. The van der Waals surface area contributed by atoms with E-state index in [0.717, 1.165) is 40.0 Å². The van der Waals surface area contributed by atoms with Gasteiger partial charge in [0.2, 0.25) is 0 Å². The van der Waals surface area contributed by atoms with Gasteiger partial charge in [0.25, 0.3) is 0 Å². The summed E-state index contributed by atoms with van der Waals surface area (Å²) in [4.78, 5) is 6.93. The lowest BCUT2D eigenvalue weighted by atomic mass is 10.1. The summed E-state index contributed by atoms with van der Waals surface area (Å²) in [7, 11) is 0. The Balaban J connectivity index is 1.54. The average molecular weight is 319 g/mol. The van der Waals surface area contributed by atoms with E-state index in [9.17, 15) is 0 Å². The number of pyridine rings is 1. The molecule has 0 radical (unpaired) electrons. The zero-order valence-electron chi connectivity index (χ0n) is 13.6. The fourth-order valence-corrected chi connectivity index (χ4v) is 3.23. The van der Waals surface area contributed by atoms with Gasteiger partial charge in [0.1, 0.15) is 5.82 Å². The lowest BCUT2D eigenvalue weighted by molar-refractivity contribution is 0.370. The summed E-state index contributed by atoms with van der Waals surface area (Å²) >= 11 is 0. The molecule has 2 aromatic heterocycles. The Morgan fingerprint density at radius 3 is 2.79 bits per heavy atom. The zero-order valence-corrected chi connectivity index (χ0v) is 13.6. The predicted molar refractivity (Wildman–Crippen MR) is 97.8 cm³/mol. The molecule has 3 aromatic rings. The van der Waals surface area contributed by atoms with Crippen LogP contribution in [0.2, 0.25) is 0 Å². The molecule has 24 heavy (non-hydrogen) atoms. The van der Waals surface area contributed by atoms with E-state index in [2.05, 4.69) is 56.2 Å². The van der Waals surface area contributed by atoms with E-state index >= 15 is 0 Å². The highest BCUT2D eigenvalue weighted by molar-refractivity contribution is 5.88. The Morgan fingerprint density at radius 2 is 2.00 bits per heavy atom. The summed E-state index contributed by atoms with van der Waals surface area (Å²) in [5.41, 5.74) is 3.22. The topological polar surface area (TPSA) is 56.8 Å². The molecule has 1 aliphatic heterocycles. The highest BCUT2D eigenvalue weighted by Crippen LogP contribution is 2.25. The van der Waals surface area contributed by atoms with Crippen molar-refractivity contribution in [3.8, 4) is 11.1 Å². The molecule has 5 nitrogen and oxygen atoms in total. The number of fused-ring (bicyclic) bond motifs is 1. The monoisotopic (exact) mass is 319 g/mol. The molecule has 0 saturated carbocycles. The van der Waals surface area contributed by atoms with E-state index in [-0.39, 0.29) is 0 Å². The van der Waals surface area contributed by atoms with Gasteiger partial charge in [-0.2, -0.15) is 5.10 Å². The van der Waals surface area contributed by atoms with E-state index in [1.54, 1.807) is 0 Å². The molecule has 0 aliphatic carbocycles. The van der Waals surface area contributed by atoms with Crippen LogP contribution in [-0.2, 0) is 0 Å². The van der Waals surface area contributed by atoms with Crippen LogP contribution < -0.4 is 5.32 Å². The van der Waals surface area contributed by atoms with Gasteiger partial charge < -0.3 is 5.32 Å². The van der Waals surface area contributed by atoms with Crippen LogP contribution in [0.3, 0.4) is 0 Å². The largest absolute Gasteiger partial charge is 0.343 e. The number of hydrogen-bond acceptors (Lipinski definition) is 4.